The van der Waals surface area contributed by atoms with Gasteiger partial charge in [-0.25, -0.2) is 4.98 Å². The van der Waals surface area contributed by atoms with Crippen LogP contribution >= 0.6 is 0 Å². The van der Waals surface area contributed by atoms with Gasteiger partial charge in [-0.3, -0.25) is 14.2 Å². The minimum atomic E-state index is -0.454. The zero-order valence-corrected chi connectivity index (χ0v) is 15.2. The van der Waals surface area contributed by atoms with E-state index >= 15 is 0 Å². The molecule has 0 bridgehead atoms. The van der Waals surface area contributed by atoms with Gasteiger partial charge in [-0.1, -0.05) is 17.7 Å². The van der Waals surface area contributed by atoms with Gasteiger partial charge in [0.25, 0.3) is 11.5 Å². The summed E-state index contributed by atoms with van der Waals surface area (Å²) in [6.45, 7) is 1.93. The summed E-state index contributed by atoms with van der Waals surface area (Å²) in [6, 6.07) is 12.1. The number of benzene rings is 2. The number of methoxy groups -OCH3 is 2. The van der Waals surface area contributed by atoms with Crippen molar-refractivity contribution in [3.63, 3.8) is 0 Å². The maximum absolute atomic E-state index is 12.8. The highest BCUT2D eigenvalue weighted by atomic mass is 16.5. The number of hydrogen-bond donors (Lipinski definition) is 1. The number of carbonyl (C=O) groups excluding carboxylic acids is 1. The minimum absolute atomic E-state index is 0.0575. The van der Waals surface area contributed by atoms with Gasteiger partial charge >= 0.3 is 0 Å². The Morgan fingerprint density at radius 1 is 1.04 bits per heavy atom. The van der Waals surface area contributed by atoms with Crippen molar-refractivity contribution in [2.24, 2.45) is 0 Å². The second kappa shape index (κ2) is 7.74. The van der Waals surface area contributed by atoms with Gasteiger partial charge in [-0.05, 0) is 31.2 Å². The fourth-order valence-electron chi connectivity index (χ4n) is 2.56. The molecule has 1 N–H and O–H groups in total. The highest BCUT2D eigenvalue weighted by Crippen LogP contribution is 2.28. The summed E-state index contributed by atoms with van der Waals surface area (Å²) in [5.41, 5.74) is 1.60. The summed E-state index contributed by atoms with van der Waals surface area (Å²) in [4.78, 5) is 29.1. The molecule has 0 saturated carbocycles. The van der Waals surface area contributed by atoms with Gasteiger partial charge in [0.2, 0.25) is 0 Å². The molecule has 1 heterocycles. The van der Waals surface area contributed by atoms with Crippen molar-refractivity contribution < 1.29 is 14.3 Å². The third-order valence-electron chi connectivity index (χ3n) is 4.03. The standard InChI is InChI=1S/C20H19N3O4/c1-13-4-6-14(7-5-13)19(24)22-18-20(25)23(11-10-21-18)15-8-9-16(26-2)17(12-15)27-3/h4-12H,1-3H3,(H,21,22,24). The molecule has 0 spiro atoms. The van der Waals surface area contributed by atoms with Crippen molar-refractivity contribution in [3.05, 3.63) is 76.3 Å². The van der Waals surface area contributed by atoms with E-state index in [4.69, 9.17) is 9.47 Å². The third-order valence-corrected chi connectivity index (χ3v) is 4.03. The molecule has 0 saturated heterocycles. The Morgan fingerprint density at radius 3 is 2.41 bits per heavy atom. The Balaban J connectivity index is 1.93. The Kier molecular flexibility index (Phi) is 5.21. The molecule has 1 aromatic heterocycles. The lowest BCUT2D eigenvalue weighted by Gasteiger charge is -2.12. The molecule has 7 nitrogen and oxygen atoms in total. The van der Waals surface area contributed by atoms with Gasteiger partial charge in [0, 0.05) is 24.0 Å². The predicted octanol–water partition coefficient (Wildman–Crippen LogP) is 2.81. The van der Waals surface area contributed by atoms with E-state index in [0.717, 1.165) is 5.56 Å². The summed E-state index contributed by atoms with van der Waals surface area (Å²) in [7, 11) is 3.05. The molecule has 0 unspecified atom stereocenters. The smallest absolute Gasteiger partial charge is 0.298 e. The number of aryl methyl sites for hydroxylation is 1. The summed E-state index contributed by atoms with van der Waals surface area (Å²) >= 11 is 0. The van der Waals surface area contributed by atoms with E-state index in [1.165, 1.54) is 31.2 Å². The van der Waals surface area contributed by atoms with E-state index in [-0.39, 0.29) is 5.82 Å². The Bertz CT molecular complexity index is 1030. The molecule has 27 heavy (non-hydrogen) atoms. The number of ether oxygens (including phenoxy) is 2. The van der Waals surface area contributed by atoms with Crippen LogP contribution in [0.25, 0.3) is 5.69 Å². The number of rotatable bonds is 5. The van der Waals surface area contributed by atoms with Crippen molar-refractivity contribution >= 4 is 11.7 Å². The first-order valence-electron chi connectivity index (χ1n) is 8.21. The van der Waals surface area contributed by atoms with E-state index in [1.807, 2.05) is 19.1 Å². The maximum Gasteiger partial charge on any atom is 0.298 e. The van der Waals surface area contributed by atoms with Crippen LogP contribution in [0.5, 0.6) is 11.5 Å². The molecule has 7 heteroatoms. The van der Waals surface area contributed by atoms with Gasteiger partial charge in [0.15, 0.2) is 17.3 Å². The van der Waals surface area contributed by atoms with Crippen LogP contribution in [-0.2, 0) is 0 Å². The highest BCUT2D eigenvalue weighted by molar-refractivity contribution is 6.03. The molecule has 0 fully saturated rings. The van der Waals surface area contributed by atoms with Crippen LogP contribution in [0.15, 0.2) is 59.7 Å². The largest absolute Gasteiger partial charge is 0.493 e. The zero-order valence-electron chi connectivity index (χ0n) is 15.2. The van der Waals surface area contributed by atoms with Gasteiger partial charge < -0.3 is 14.8 Å². The maximum atomic E-state index is 12.8. The number of carbonyl (C=O) groups is 1. The van der Waals surface area contributed by atoms with E-state index in [9.17, 15) is 9.59 Å². The highest BCUT2D eigenvalue weighted by Gasteiger charge is 2.13. The quantitative estimate of drug-likeness (QED) is 0.752. The Hall–Kier alpha value is -3.61. The number of anilines is 1. The van der Waals surface area contributed by atoms with Crippen molar-refractivity contribution in [1.82, 2.24) is 9.55 Å². The molecule has 138 valence electrons. The van der Waals surface area contributed by atoms with Crippen LogP contribution in [0.3, 0.4) is 0 Å². The molecule has 1 amide bonds. The fraction of sp³-hybridized carbons (Fsp3) is 0.150. The predicted molar refractivity (Wildman–Crippen MR) is 102 cm³/mol. The van der Waals surface area contributed by atoms with Crippen LogP contribution in [-0.4, -0.2) is 29.7 Å². The normalized spacial score (nSPS) is 10.3. The first-order valence-corrected chi connectivity index (χ1v) is 8.21. The Morgan fingerprint density at radius 2 is 1.74 bits per heavy atom. The number of hydrogen-bond acceptors (Lipinski definition) is 5. The molecular weight excluding hydrogens is 346 g/mol. The van der Waals surface area contributed by atoms with Crippen LogP contribution in [0, 0.1) is 6.92 Å². The molecule has 0 radical (unpaired) electrons. The van der Waals surface area contributed by atoms with E-state index in [2.05, 4.69) is 10.3 Å². The molecule has 0 atom stereocenters. The topological polar surface area (TPSA) is 82.5 Å². The average Bonchev–Trinajstić information content (AvgIpc) is 2.69. The van der Waals surface area contributed by atoms with Crippen molar-refractivity contribution in [2.75, 3.05) is 19.5 Å². The van der Waals surface area contributed by atoms with Crippen molar-refractivity contribution in [3.8, 4) is 17.2 Å². The number of nitrogens with one attached hydrogen (secondary N) is 1. The fourth-order valence-corrected chi connectivity index (χ4v) is 2.56. The third kappa shape index (κ3) is 3.82. The lowest BCUT2D eigenvalue weighted by Crippen LogP contribution is -2.26. The van der Waals surface area contributed by atoms with Gasteiger partial charge in [-0.2, -0.15) is 0 Å². The molecule has 3 aromatic rings. The SMILES string of the molecule is COc1ccc(-n2ccnc(NC(=O)c3ccc(C)cc3)c2=O)cc1OC. The van der Waals surface area contributed by atoms with E-state index in [0.29, 0.717) is 22.7 Å². The summed E-state index contributed by atoms with van der Waals surface area (Å²) < 4.78 is 11.9. The first-order chi connectivity index (χ1) is 13.0. The average molecular weight is 365 g/mol. The summed E-state index contributed by atoms with van der Waals surface area (Å²) in [5.74, 6) is 0.586. The summed E-state index contributed by atoms with van der Waals surface area (Å²) in [5, 5.41) is 2.57. The number of aromatic nitrogens is 2. The second-order valence-corrected chi connectivity index (χ2v) is 5.81. The van der Waals surface area contributed by atoms with Crippen LogP contribution in [0.4, 0.5) is 5.82 Å². The molecule has 0 aliphatic carbocycles. The molecule has 0 aliphatic heterocycles. The lowest BCUT2D eigenvalue weighted by atomic mass is 10.1. The van der Waals surface area contributed by atoms with Gasteiger partial charge in [0.1, 0.15) is 0 Å². The van der Waals surface area contributed by atoms with Gasteiger partial charge in [0.05, 0.1) is 19.9 Å². The summed E-state index contributed by atoms with van der Waals surface area (Å²) in [6.07, 6.45) is 2.97. The Labute approximate surface area is 156 Å². The van der Waals surface area contributed by atoms with Gasteiger partial charge in [-0.15, -0.1) is 0 Å². The van der Waals surface area contributed by atoms with Crippen LogP contribution in [0.2, 0.25) is 0 Å². The second-order valence-electron chi connectivity index (χ2n) is 5.81. The number of amides is 1. The number of nitrogens with zero attached hydrogens (tertiary/aromatic N) is 2. The van der Waals surface area contributed by atoms with Crippen molar-refractivity contribution in [1.29, 1.82) is 0 Å². The molecule has 2 aromatic carbocycles. The molecule has 0 aliphatic rings. The minimum Gasteiger partial charge on any atom is -0.493 e. The monoisotopic (exact) mass is 365 g/mol. The van der Waals surface area contributed by atoms with E-state index in [1.54, 1.807) is 30.3 Å². The molecule has 3 rings (SSSR count). The van der Waals surface area contributed by atoms with Crippen molar-refractivity contribution in [2.45, 2.75) is 6.92 Å². The first kappa shape index (κ1) is 18.2. The van der Waals surface area contributed by atoms with Crippen LogP contribution in [0.1, 0.15) is 15.9 Å². The van der Waals surface area contributed by atoms with E-state index < -0.39 is 11.5 Å². The van der Waals surface area contributed by atoms with Crippen LogP contribution < -0.4 is 20.3 Å². The lowest BCUT2D eigenvalue weighted by molar-refractivity contribution is 0.102. The molecular formula is C20H19N3O4. The zero-order chi connectivity index (χ0) is 19.4.